The zero-order valence-electron chi connectivity index (χ0n) is 8.76. The highest BCUT2D eigenvalue weighted by Gasteiger charge is 2.41. The van der Waals surface area contributed by atoms with E-state index in [0.717, 1.165) is 6.04 Å². The molecule has 2 fully saturated rings. The molecule has 1 unspecified atom stereocenters. The van der Waals surface area contributed by atoms with E-state index in [1.807, 2.05) is 0 Å². The molecule has 2 aliphatic rings. The number of hydrogen-bond acceptors (Lipinski definition) is 2. The first-order chi connectivity index (χ1) is 6.23. The zero-order valence-corrected chi connectivity index (χ0v) is 8.76. The minimum atomic E-state index is 0.245. The van der Waals surface area contributed by atoms with Gasteiger partial charge in [0, 0.05) is 11.6 Å². The summed E-state index contributed by atoms with van der Waals surface area (Å²) in [5.74, 6) is 0. The van der Waals surface area contributed by atoms with Crippen LogP contribution in [0.4, 0.5) is 0 Å². The Morgan fingerprint density at radius 2 is 2.15 bits per heavy atom. The molecule has 2 heteroatoms. The van der Waals surface area contributed by atoms with Gasteiger partial charge in [-0.05, 0) is 45.2 Å². The van der Waals surface area contributed by atoms with Gasteiger partial charge in [-0.2, -0.15) is 0 Å². The summed E-state index contributed by atoms with van der Waals surface area (Å²) in [5.41, 5.74) is 6.41. The molecule has 1 aliphatic heterocycles. The van der Waals surface area contributed by atoms with Crippen molar-refractivity contribution in [2.45, 2.75) is 57.0 Å². The van der Waals surface area contributed by atoms with E-state index < -0.39 is 0 Å². The lowest BCUT2D eigenvalue weighted by Crippen LogP contribution is -2.43. The molecule has 0 radical (unpaired) electrons. The Morgan fingerprint density at radius 1 is 1.38 bits per heavy atom. The van der Waals surface area contributed by atoms with Crippen molar-refractivity contribution in [3.63, 3.8) is 0 Å². The molecule has 0 aromatic heterocycles. The fourth-order valence-electron chi connectivity index (χ4n) is 2.54. The summed E-state index contributed by atoms with van der Waals surface area (Å²) in [6.45, 7) is 4.78. The Labute approximate surface area is 81.5 Å². The molecule has 2 nitrogen and oxygen atoms in total. The predicted molar refractivity (Wildman–Crippen MR) is 55.7 cm³/mol. The molecule has 2 N–H and O–H groups in total. The van der Waals surface area contributed by atoms with Crippen molar-refractivity contribution < 1.29 is 0 Å². The molecule has 13 heavy (non-hydrogen) atoms. The van der Waals surface area contributed by atoms with Gasteiger partial charge in [-0.15, -0.1) is 0 Å². The van der Waals surface area contributed by atoms with Crippen LogP contribution in [0.25, 0.3) is 0 Å². The number of nitrogens with zero attached hydrogens (tertiary/aromatic N) is 1. The largest absolute Gasteiger partial charge is 0.325 e. The van der Waals surface area contributed by atoms with E-state index in [2.05, 4.69) is 11.8 Å². The Bertz CT molecular complexity index is 175. The normalized spacial score (nSPS) is 33.2. The summed E-state index contributed by atoms with van der Waals surface area (Å²) in [5, 5.41) is 0. The summed E-state index contributed by atoms with van der Waals surface area (Å²) >= 11 is 0. The maximum Gasteiger partial charge on any atom is 0.0170 e. The molecule has 1 heterocycles. The van der Waals surface area contributed by atoms with Crippen molar-refractivity contribution in [3.8, 4) is 0 Å². The molecule has 1 atom stereocenters. The van der Waals surface area contributed by atoms with Crippen molar-refractivity contribution in [3.05, 3.63) is 0 Å². The highest BCUT2D eigenvalue weighted by atomic mass is 15.2. The van der Waals surface area contributed by atoms with Crippen LogP contribution < -0.4 is 5.73 Å². The molecule has 1 saturated carbocycles. The third-order valence-electron chi connectivity index (χ3n) is 3.69. The van der Waals surface area contributed by atoms with E-state index in [9.17, 15) is 0 Å². The van der Waals surface area contributed by atoms with Crippen molar-refractivity contribution in [2.24, 2.45) is 5.73 Å². The number of nitrogens with two attached hydrogens (primary N) is 1. The molecular weight excluding hydrogens is 160 g/mol. The molecule has 0 bridgehead atoms. The molecule has 76 valence electrons. The topological polar surface area (TPSA) is 29.3 Å². The molecule has 0 aromatic carbocycles. The van der Waals surface area contributed by atoms with Crippen LogP contribution in [0.5, 0.6) is 0 Å². The molecule has 0 spiro atoms. The van der Waals surface area contributed by atoms with Gasteiger partial charge in [-0.3, -0.25) is 0 Å². The second-order valence-corrected chi connectivity index (χ2v) is 4.84. The third kappa shape index (κ3) is 2.23. The quantitative estimate of drug-likeness (QED) is 0.720. The lowest BCUT2D eigenvalue weighted by molar-refractivity contribution is 0.139. The van der Waals surface area contributed by atoms with Gasteiger partial charge < -0.3 is 10.6 Å². The van der Waals surface area contributed by atoms with Gasteiger partial charge in [0.2, 0.25) is 0 Å². The van der Waals surface area contributed by atoms with Gasteiger partial charge in [0.25, 0.3) is 0 Å². The van der Waals surface area contributed by atoms with Crippen LogP contribution in [-0.4, -0.2) is 29.6 Å². The third-order valence-corrected chi connectivity index (χ3v) is 3.69. The number of likely N-dealkylation sites (tertiary alicyclic amines) is 1. The maximum absolute atomic E-state index is 6.17. The molecular formula is C11H22N2. The Hall–Kier alpha value is -0.0800. The predicted octanol–water partition coefficient (Wildman–Crippen LogP) is 1.74. The summed E-state index contributed by atoms with van der Waals surface area (Å²) in [6.07, 6.45) is 7.97. The minimum absolute atomic E-state index is 0.245. The lowest BCUT2D eigenvalue weighted by Gasteiger charge is -2.36. The van der Waals surface area contributed by atoms with Crippen LogP contribution in [0, 0.1) is 0 Å². The Morgan fingerprint density at radius 3 is 2.77 bits per heavy atom. The standard InChI is InChI=1S/C11H22N2/c1-2-13-8-4-3-5-10(13)9-11(12)6-7-11/h10H,2-9,12H2,1H3. The lowest BCUT2D eigenvalue weighted by atomic mass is 9.95. The second kappa shape index (κ2) is 3.58. The van der Waals surface area contributed by atoms with E-state index in [0.29, 0.717) is 0 Å². The number of rotatable bonds is 3. The summed E-state index contributed by atoms with van der Waals surface area (Å²) < 4.78 is 0. The molecule has 0 amide bonds. The van der Waals surface area contributed by atoms with Crippen LogP contribution in [0.3, 0.4) is 0 Å². The Kier molecular flexibility index (Phi) is 2.61. The summed E-state index contributed by atoms with van der Waals surface area (Å²) in [4.78, 5) is 2.62. The van der Waals surface area contributed by atoms with Crippen molar-refractivity contribution in [1.82, 2.24) is 4.90 Å². The van der Waals surface area contributed by atoms with Crippen molar-refractivity contribution in [2.75, 3.05) is 13.1 Å². The van der Waals surface area contributed by atoms with Crippen LogP contribution in [-0.2, 0) is 0 Å². The first kappa shape index (κ1) is 9.47. The van der Waals surface area contributed by atoms with E-state index in [1.54, 1.807) is 0 Å². The Balaban J connectivity index is 1.87. The van der Waals surface area contributed by atoms with Crippen LogP contribution >= 0.6 is 0 Å². The minimum Gasteiger partial charge on any atom is -0.325 e. The smallest absolute Gasteiger partial charge is 0.0170 e. The van der Waals surface area contributed by atoms with Crippen molar-refractivity contribution in [1.29, 1.82) is 0 Å². The molecule has 2 rings (SSSR count). The summed E-state index contributed by atoms with van der Waals surface area (Å²) in [7, 11) is 0. The van der Waals surface area contributed by atoms with Crippen LogP contribution in [0.15, 0.2) is 0 Å². The molecule has 1 aliphatic carbocycles. The highest BCUT2D eigenvalue weighted by molar-refractivity contribution is 5.01. The fourth-order valence-corrected chi connectivity index (χ4v) is 2.54. The monoisotopic (exact) mass is 182 g/mol. The first-order valence-corrected chi connectivity index (χ1v) is 5.76. The molecule has 1 saturated heterocycles. The molecule has 0 aromatic rings. The van der Waals surface area contributed by atoms with Gasteiger partial charge in [0.1, 0.15) is 0 Å². The van der Waals surface area contributed by atoms with Gasteiger partial charge in [0.15, 0.2) is 0 Å². The average Bonchev–Trinajstić information content (AvgIpc) is 2.84. The highest BCUT2D eigenvalue weighted by Crippen LogP contribution is 2.39. The van der Waals surface area contributed by atoms with Crippen LogP contribution in [0.2, 0.25) is 0 Å². The summed E-state index contributed by atoms with van der Waals surface area (Å²) in [6, 6.07) is 0.797. The maximum atomic E-state index is 6.17. The second-order valence-electron chi connectivity index (χ2n) is 4.84. The SMILES string of the molecule is CCN1CCCCC1CC1(N)CC1. The first-order valence-electron chi connectivity index (χ1n) is 5.76. The van der Waals surface area contributed by atoms with E-state index >= 15 is 0 Å². The van der Waals surface area contributed by atoms with E-state index in [1.165, 1.54) is 51.6 Å². The van der Waals surface area contributed by atoms with Gasteiger partial charge >= 0.3 is 0 Å². The number of hydrogen-bond donors (Lipinski definition) is 1. The van der Waals surface area contributed by atoms with E-state index in [-0.39, 0.29) is 5.54 Å². The van der Waals surface area contributed by atoms with Gasteiger partial charge in [-0.25, -0.2) is 0 Å². The zero-order chi connectivity index (χ0) is 9.31. The van der Waals surface area contributed by atoms with Gasteiger partial charge in [-0.1, -0.05) is 13.3 Å². The van der Waals surface area contributed by atoms with E-state index in [4.69, 9.17) is 5.73 Å². The van der Waals surface area contributed by atoms with Gasteiger partial charge in [0.05, 0.1) is 0 Å². The fraction of sp³-hybridized carbons (Fsp3) is 1.00. The average molecular weight is 182 g/mol. The van der Waals surface area contributed by atoms with Crippen molar-refractivity contribution >= 4 is 0 Å². The number of piperidine rings is 1. The van der Waals surface area contributed by atoms with Crippen LogP contribution in [0.1, 0.15) is 45.4 Å².